The fraction of sp³-hybridized carbons (Fsp3) is 0.438. The molecular weight excluding hydrogens is 278 g/mol. The Kier molecular flexibility index (Phi) is 3.38. The van der Waals surface area contributed by atoms with Gasteiger partial charge in [-0.25, -0.2) is 4.63 Å². The molecule has 1 saturated heterocycles. The molecule has 22 heavy (non-hydrogen) atoms. The molecule has 3 heterocycles. The first-order valence-electron chi connectivity index (χ1n) is 7.73. The number of hydrogen-bond donors (Lipinski definition) is 1. The summed E-state index contributed by atoms with van der Waals surface area (Å²) in [4.78, 5) is 2.48. The van der Waals surface area contributed by atoms with E-state index >= 15 is 0 Å². The van der Waals surface area contributed by atoms with Gasteiger partial charge in [-0.3, -0.25) is 10.00 Å². The molecule has 0 amide bonds. The van der Waals surface area contributed by atoms with Crippen molar-refractivity contribution in [3.05, 3.63) is 41.2 Å². The molecule has 1 aliphatic rings. The highest BCUT2D eigenvalue weighted by atomic mass is 16.6. The number of likely N-dealkylation sites (tertiary alicyclic amines) is 1. The fourth-order valence-electron chi connectivity index (χ4n) is 3.38. The second kappa shape index (κ2) is 5.53. The van der Waals surface area contributed by atoms with E-state index < -0.39 is 0 Å². The molecule has 6 nitrogen and oxygen atoms in total. The number of piperidine rings is 1. The number of H-pyrrole nitrogens is 1. The van der Waals surface area contributed by atoms with Crippen molar-refractivity contribution in [2.75, 3.05) is 13.1 Å². The maximum Gasteiger partial charge on any atom is 0.139 e. The number of aryl methyl sites for hydroxylation is 1. The van der Waals surface area contributed by atoms with E-state index in [1.807, 2.05) is 18.3 Å². The number of nitrogens with one attached hydrogen (secondary N) is 1. The van der Waals surface area contributed by atoms with Crippen molar-refractivity contribution in [2.45, 2.75) is 32.2 Å². The molecule has 0 saturated carbocycles. The van der Waals surface area contributed by atoms with Crippen LogP contribution >= 0.6 is 0 Å². The summed E-state index contributed by atoms with van der Waals surface area (Å²) in [6, 6.07) is 6.06. The number of rotatable bonds is 3. The van der Waals surface area contributed by atoms with Crippen LogP contribution in [-0.4, -0.2) is 38.5 Å². The molecule has 114 valence electrons. The van der Waals surface area contributed by atoms with Crippen molar-refractivity contribution in [3.8, 4) is 0 Å². The van der Waals surface area contributed by atoms with E-state index in [0.717, 1.165) is 43.5 Å². The summed E-state index contributed by atoms with van der Waals surface area (Å²) in [6.45, 7) is 5.21. The standard InChI is InChI=1S/C16H19N5O/c1-11-9-17-18-15(11)12-5-7-21(8-6-12)10-13-3-2-4-14-16(13)20-22-19-14/h2-4,9,12H,5-8,10H2,1H3,(H,17,18). The van der Waals surface area contributed by atoms with Gasteiger partial charge < -0.3 is 0 Å². The monoisotopic (exact) mass is 297 g/mol. The van der Waals surface area contributed by atoms with E-state index in [2.05, 4.69) is 38.4 Å². The molecule has 0 atom stereocenters. The molecule has 0 unspecified atom stereocenters. The first kappa shape index (κ1) is 13.5. The highest BCUT2D eigenvalue weighted by Gasteiger charge is 2.23. The Morgan fingerprint density at radius 2 is 2.14 bits per heavy atom. The van der Waals surface area contributed by atoms with Crippen molar-refractivity contribution in [1.82, 2.24) is 25.4 Å². The van der Waals surface area contributed by atoms with Crippen LogP contribution in [0.4, 0.5) is 0 Å². The summed E-state index contributed by atoms with van der Waals surface area (Å²) in [5.41, 5.74) is 5.49. The van der Waals surface area contributed by atoms with Crippen LogP contribution in [0.3, 0.4) is 0 Å². The Morgan fingerprint density at radius 1 is 1.27 bits per heavy atom. The van der Waals surface area contributed by atoms with Crippen molar-refractivity contribution >= 4 is 11.0 Å². The van der Waals surface area contributed by atoms with Gasteiger partial charge in [-0.1, -0.05) is 12.1 Å². The third-order valence-electron chi connectivity index (χ3n) is 4.63. The summed E-state index contributed by atoms with van der Waals surface area (Å²) < 4.78 is 4.84. The minimum atomic E-state index is 0.600. The molecule has 1 aromatic carbocycles. The second-order valence-corrected chi connectivity index (χ2v) is 6.07. The van der Waals surface area contributed by atoms with E-state index in [1.54, 1.807) is 0 Å². The smallest absolute Gasteiger partial charge is 0.139 e. The lowest BCUT2D eigenvalue weighted by atomic mass is 9.91. The lowest BCUT2D eigenvalue weighted by Gasteiger charge is -2.31. The van der Waals surface area contributed by atoms with E-state index in [1.165, 1.54) is 16.8 Å². The fourth-order valence-corrected chi connectivity index (χ4v) is 3.38. The van der Waals surface area contributed by atoms with Crippen molar-refractivity contribution in [2.24, 2.45) is 0 Å². The van der Waals surface area contributed by atoms with Gasteiger partial charge in [0.05, 0.1) is 6.20 Å². The van der Waals surface area contributed by atoms with Crippen LogP contribution in [0.2, 0.25) is 0 Å². The van der Waals surface area contributed by atoms with Crippen LogP contribution in [0.15, 0.2) is 29.0 Å². The highest BCUT2D eigenvalue weighted by Crippen LogP contribution is 2.29. The van der Waals surface area contributed by atoms with Gasteiger partial charge in [-0.2, -0.15) is 5.10 Å². The molecule has 3 aromatic rings. The van der Waals surface area contributed by atoms with Gasteiger partial charge in [0.2, 0.25) is 0 Å². The van der Waals surface area contributed by atoms with E-state index in [0.29, 0.717) is 5.92 Å². The Labute approximate surface area is 128 Å². The summed E-state index contributed by atoms with van der Waals surface area (Å²) >= 11 is 0. The molecule has 1 aliphatic heterocycles. The van der Waals surface area contributed by atoms with Gasteiger partial charge in [0, 0.05) is 18.2 Å². The maximum atomic E-state index is 4.84. The normalized spacial score (nSPS) is 17.3. The quantitative estimate of drug-likeness (QED) is 0.804. The van der Waals surface area contributed by atoms with Gasteiger partial charge in [-0.15, -0.1) is 0 Å². The lowest BCUT2D eigenvalue weighted by molar-refractivity contribution is 0.203. The zero-order chi connectivity index (χ0) is 14.9. The van der Waals surface area contributed by atoms with Crippen LogP contribution < -0.4 is 0 Å². The second-order valence-electron chi connectivity index (χ2n) is 6.07. The molecule has 2 aromatic heterocycles. The first-order chi connectivity index (χ1) is 10.8. The largest absolute Gasteiger partial charge is 0.299 e. The number of hydrogen-bond acceptors (Lipinski definition) is 5. The van der Waals surface area contributed by atoms with Gasteiger partial charge in [0.15, 0.2) is 0 Å². The van der Waals surface area contributed by atoms with Gasteiger partial charge in [0.1, 0.15) is 11.0 Å². The van der Waals surface area contributed by atoms with Gasteiger partial charge in [-0.05, 0) is 60.4 Å². The molecular formula is C16H19N5O. The van der Waals surface area contributed by atoms with Crippen molar-refractivity contribution in [1.29, 1.82) is 0 Å². The summed E-state index contributed by atoms with van der Waals surface area (Å²) in [5.74, 6) is 0.600. The average Bonchev–Trinajstić information content (AvgIpc) is 3.17. The molecule has 1 N–H and O–H groups in total. The SMILES string of the molecule is Cc1cn[nH]c1C1CCN(Cc2cccc3nonc23)CC1. The van der Waals surface area contributed by atoms with Crippen LogP contribution in [0.5, 0.6) is 0 Å². The Balaban J connectivity index is 1.44. The third-order valence-corrected chi connectivity index (χ3v) is 4.63. The van der Waals surface area contributed by atoms with Crippen LogP contribution in [0.25, 0.3) is 11.0 Å². The summed E-state index contributed by atoms with van der Waals surface area (Å²) in [5, 5.41) is 15.2. The lowest BCUT2D eigenvalue weighted by Crippen LogP contribution is -2.32. The van der Waals surface area contributed by atoms with Crippen LogP contribution in [0, 0.1) is 6.92 Å². The maximum absolute atomic E-state index is 4.84. The van der Waals surface area contributed by atoms with E-state index in [4.69, 9.17) is 4.63 Å². The Hall–Kier alpha value is -2.21. The Bertz CT molecular complexity index is 770. The number of nitrogens with zero attached hydrogens (tertiary/aromatic N) is 4. The predicted molar refractivity (Wildman–Crippen MR) is 82.4 cm³/mol. The number of aromatic amines is 1. The number of benzene rings is 1. The molecule has 0 bridgehead atoms. The van der Waals surface area contributed by atoms with E-state index in [9.17, 15) is 0 Å². The topological polar surface area (TPSA) is 70.8 Å². The molecule has 0 radical (unpaired) electrons. The van der Waals surface area contributed by atoms with Gasteiger partial charge >= 0.3 is 0 Å². The minimum Gasteiger partial charge on any atom is -0.299 e. The van der Waals surface area contributed by atoms with Crippen molar-refractivity contribution in [3.63, 3.8) is 0 Å². The first-order valence-corrected chi connectivity index (χ1v) is 7.73. The molecule has 1 fully saturated rings. The Morgan fingerprint density at radius 3 is 2.91 bits per heavy atom. The zero-order valence-electron chi connectivity index (χ0n) is 12.6. The summed E-state index contributed by atoms with van der Waals surface area (Å²) in [6.07, 6.45) is 4.24. The molecule has 4 rings (SSSR count). The minimum absolute atomic E-state index is 0.600. The average molecular weight is 297 g/mol. The molecule has 0 aliphatic carbocycles. The van der Waals surface area contributed by atoms with Crippen LogP contribution in [-0.2, 0) is 6.54 Å². The van der Waals surface area contributed by atoms with Gasteiger partial charge in [0.25, 0.3) is 0 Å². The third kappa shape index (κ3) is 2.39. The summed E-state index contributed by atoms with van der Waals surface area (Å²) in [7, 11) is 0. The molecule has 6 heteroatoms. The van der Waals surface area contributed by atoms with E-state index in [-0.39, 0.29) is 0 Å². The zero-order valence-corrected chi connectivity index (χ0v) is 12.6. The predicted octanol–water partition coefficient (Wildman–Crippen LogP) is 2.63. The highest BCUT2D eigenvalue weighted by molar-refractivity contribution is 5.76. The van der Waals surface area contributed by atoms with Crippen LogP contribution in [0.1, 0.15) is 35.6 Å². The van der Waals surface area contributed by atoms with Crippen molar-refractivity contribution < 1.29 is 4.63 Å². The molecule has 0 spiro atoms. The number of aromatic nitrogens is 4. The number of fused-ring (bicyclic) bond motifs is 1.